The maximum absolute atomic E-state index is 8.88. The molecule has 1 unspecified atom stereocenters. The molecule has 6 heteroatoms. The fourth-order valence-electron chi connectivity index (χ4n) is 2.32. The Kier molecular flexibility index (Phi) is 12.9. The van der Waals surface area contributed by atoms with Crippen LogP contribution in [0, 0.1) is 5.92 Å². The van der Waals surface area contributed by atoms with E-state index in [2.05, 4.69) is 27.7 Å². The Balaban J connectivity index is 0. The smallest absolute Gasteiger partial charge is 0.303 e. The van der Waals surface area contributed by atoms with Crippen LogP contribution in [0.1, 0.15) is 66.2 Å². The molecule has 1 atom stereocenters. The Morgan fingerprint density at radius 1 is 1.11 bits per heavy atom. The topological polar surface area (TPSA) is 77.8 Å². The summed E-state index contributed by atoms with van der Waals surface area (Å²) < 4.78 is 9.62. The second-order valence-corrected chi connectivity index (χ2v) is 8.14. The van der Waals surface area contributed by atoms with Crippen LogP contribution >= 0.6 is 7.82 Å². The van der Waals surface area contributed by atoms with Crippen LogP contribution in [-0.4, -0.2) is 42.6 Å². The first-order valence-corrected chi connectivity index (χ1v) is 9.49. The Hall–Kier alpha value is 1.11. The van der Waals surface area contributed by atoms with E-state index in [1.807, 2.05) is 0 Å². The van der Waals surface area contributed by atoms with Gasteiger partial charge in [0, 0.05) is 0 Å². The predicted octanol–water partition coefficient (Wildman–Crippen LogP) is 3.42. The summed E-state index contributed by atoms with van der Waals surface area (Å²) >= 11 is 1.38. The average molecular weight is 290 g/mol. The van der Waals surface area contributed by atoms with E-state index in [1.54, 1.807) is 0 Å². The van der Waals surface area contributed by atoms with Gasteiger partial charge in [-0.1, -0.05) is 0 Å². The van der Waals surface area contributed by atoms with E-state index in [4.69, 9.17) is 19.2 Å². The van der Waals surface area contributed by atoms with Gasteiger partial charge in [-0.2, -0.15) is 0 Å². The SMILES string of the molecule is CCCCC(CC)[C]([Na])(CC)CC.O=P(O)(O)O. The van der Waals surface area contributed by atoms with Gasteiger partial charge >= 0.3 is 111 Å². The van der Waals surface area contributed by atoms with Crippen LogP contribution in [0.2, 0.25) is 2.66 Å². The van der Waals surface area contributed by atoms with Gasteiger partial charge in [-0.05, 0) is 0 Å². The molecule has 0 saturated carbocycles. The number of hydrogen-bond acceptors (Lipinski definition) is 1. The third kappa shape index (κ3) is 12.2. The average Bonchev–Trinajstić information content (AvgIpc) is 2.27. The van der Waals surface area contributed by atoms with Crippen LogP contribution in [0.15, 0.2) is 0 Å². The molecule has 0 aliphatic rings. The first-order valence-electron chi connectivity index (χ1n) is 6.92. The van der Waals surface area contributed by atoms with Gasteiger partial charge in [0.25, 0.3) is 0 Å². The van der Waals surface area contributed by atoms with E-state index < -0.39 is 7.82 Å². The Morgan fingerprint density at radius 2 is 1.50 bits per heavy atom. The second-order valence-electron chi connectivity index (χ2n) is 5.12. The van der Waals surface area contributed by atoms with Crippen LogP contribution < -0.4 is 0 Å². The molecule has 0 heterocycles. The van der Waals surface area contributed by atoms with Crippen molar-refractivity contribution in [1.29, 1.82) is 0 Å². The Morgan fingerprint density at radius 3 is 1.72 bits per heavy atom. The van der Waals surface area contributed by atoms with Crippen molar-refractivity contribution in [2.75, 3.05) is 0 Å². The molecule has 0 saturated heterocycles. The minimum absolute atomic E-state index is 0.740. The summed E-state index contributed by atoms with van der Waals surface area (Å²) in [4.78, 5) is 21.6. The maximum atomic E-state index is 8.88. The molecule has 0 aliphatic heterocycles. The fraction of sp³-hybridized carbons (Fsp3) is 1.00. The minimum Gasteiger partial charge on any atom is -0.303 e. The van der Waals surface area contributed by atoms with Crippen molar-refractivity contribution in [3.63, 3.8) is 0 Å². The number of phosphoric acid groups is 1. The van der Waals surface area contributed by atoms with Crippen molar-refractivity contribution in [2.45, 2.75) is 68.9 Å². The normalized spacial score (nSPS) is 13.8. The predicted molar refractivity (Wildman–Crippen MR) is 76.6 cm³/mol. The molecule has 4 nitrogen and oxygen atoms in total. The minimum atomic E-state index is -4.64. The summed E-state index contributed by atoms with van der Waals surface area (Å²) in [6.45, 7) is 9.44. The van der Waals surface area contributed by atoms with Crippen molar-refractivity contribution in [3.8, 4) is 0 Å². The quantitative estimate of drug-likeness (QED) is 0.496. The Bertz CT molecular complexity index is 230. The molecule has 0 bridgehead atoms. The molecule has 0 spiro atoms. The van der Waals surface area contributed by atoms with Crippen molar-refractivity contribution in [3.05, 3.63) is 0 Å². The van der Waals surface area contributed by atoms with Gasteiger partial charge in [0.1, 0.15) is 0 Å². The summed E-state index contributed by atoms with van der Waals surface area (Å²) in [6.07, 6.45) is 8.46. The first kappa shape index (κ1) is 21.4. The van der Waals surface area contributed by atoms with Gasteiger partial charge in [0.15, 0.2) is 0 Å². The number of rotatable bonds is 7. The molecule has 0 aliphatic carbocycles. The summed E-state index contributed by atoms with van der Waals surface area (Å²) in [5.41, 5.74) is 0. The summed E-state index contributed by atoms with van der Waals surface area (Å²) in [7, 11) is -4.64. The monoisotopic (exact) mass is 290 g/mol. The van der Waals surface area contributed by atoms with E-state index in [0.717, 1.165) is 8.58 Å². The molecule has 0 aromatic heterocycles. The van der Waals surface area contributed by atoms with E-state index in [-0.39, 0.29) is 0 Å². The molecule has 0 fully saturated rings. The van der Waals surface area contributed by atoms with E-state index in [9.17, 15) is 0 Å². The second kappa shape index (κ2) is 10.8. The Labute approximate surface area is 129 Å². The molecule has 0 aromatic carbocycles. The van der Waals surface area contributed by atoms with E-state index in [1.165, 1.54) is 66.5 Å². The van der Waals surface area contributed by atoms with Crippen LogP contribution in [0.25, 0.3) is 0 Å². The van der Waals surface area contributed by atoms with Crippen molar-refractivity contribution in [1.82, 2.24) is 0 Å². The number of hydrogen-bond donors (Lipinski definition) is 3. The van der Waals surface area contributed by atoms with Crippen molar-refractivity contribution in [2.24, 2.45) is 5.92 Å². The van der Waals surface area contributed by atoms with Gasteiger partial charge in [-0.25, -0.2) is 4.57 Å². The zero-order valence-electron chi connectivity index (χ0n) is 12.5. The van der Waals surface area contributed by atoms with Gasteiger partial charge in [-0.3, -0.25) is 0 Å². The molecule has 0 rings (SSSR count). The van der Waals surface area contributed by atoms with E-state index in [0.29, 0.717) is 0 Å². The standard InChI is InChI=1S/C12H25.Na.H3O4P/c1-5-9-10-12(8-4)11(6-2)7-3;;1-5(2,3)4/h12H,5-10H2,1-4H3;;(H3,1,2,3,4). The summed E-state index contributed by atoms with van der Waals surface area (Å²) in [5, 5.41) is 0. The third-order valence-electron chi connectivity index (χ3n) is 4.00. The summed E-state index contributed by atoms with van der Waals surface area (Å²) in [5.74, 6) is 1.01. The molecule has 0 aromatic rings. The van der Waals surface area contributed by atoms with E-state index >= 15 is 0 Å². The van der Waals surface area contributed by atoms with Crippen LogP contribution in [0.5, 0.6) is 0 Å². The molecular formula is C12H28NaO4P. The molecular weight excluding hydrogens is 262 g/mol. The van der Waals surface area contributed by atoms with Crippen molar-refractivity contribution >= 4 is 35.8 Å². The molecule has 0 radical (unpaired) electrons. The van der Waals surface area contributed by atoms with Gasteiger partial charge < -0.3 is 14.7 Å². The van der Waals surface area contributed by atoms with Crippen LogP contribution in [0.3, 0.4) is 0 Å². The van der Waals surface area contributed by atoms with Gasteiger partial charge in [-0.15, -0.1) is 0 Å². The molecule has 106 valence electrons. The summed E-state index contributed by atoms with van der Waals surface area (Å²) in [6, 6.07) is 0. The number of unbranched alkanes of at least 4 members (excludes halogenated alkanes) is 1. The van der Waals surface area contributed by atoms with Crippen LogP contribution in [0.4, 0.5) is 0 Å². The third-order valence-corrected chi connectivity index (χ3v) is 6.23. The first-order chi connectivity index (χ1) is 8.14. The largest absolute Gasteiger partial charge is 0.466 e. The fourth-order valence-corrected chi connectivity index (χ4v) is 3.02. The molecule has 18 heavy (non-hydrogen) atoms. The molecule has 0 amide bonds. The zero-order chi connectivity index (χ0) is 14.8. The zero-order valence-corrected chi connectivity index (χ0v) is 15.4. The van der Waals surface area contributed by atoms with Crippen molar-refractivity contribution < 1.29 is 19.2 Å². The maximum Gasteiger partial charge on any atom is 0.466 e. The molecule has 3 N–H and O–H groups in total. The van der Waals surface area contributed by atoms with Gasteiger partial charge in [0.2, 0.25) is 0 Å². The van der Waals surface area contributed by atoms with Gasteiger partial charge in [0.05, 0.1) is 0 Å². The van der Waals surface area contributed by atoms with Crippen LogP contribution in [-0.2, 0) is 4.57 Å².